The summed E-state index contributed by atoms with van der Waals surface area (Å²) in [5.74, 6) is 0.534. The van der Waals surface area contributed by atoms with E-state index in [1.54, 1.807) is 0 Å². The number of carbonyl (C=O) groups excluding carboxylic acids is 1. The van der Waals surface area contributed by atoms with E-state index in [-0.39, 0.29) is 11.9 Å². The number of carbonyl (C=O) groups is 1. The zero-order valence-electron chi connectivity index (χ0n) is 12.0. The first-order valence-corrected chi connectivity index (χ1v) is 6.56. The Morgan fingerprint density at radius 3 is 2.58 bits per heavy atom. The van der Waals surface area contributed by atoms with Crippen LogP contribution in [0.5, 0.6) is 0 Å². The third-order valence-corrected chi connectivity index (χ3v) is 2.21. The summed E-state index contributed by atoms with van der Waals surface area (Å²) in [4.78, 5) is 11.4. The van der Waals surface area contributed by atoms with Crippen LogP contribution in [0.2, 0.25) is 0 Å². The highest BCUT2D eigenvalue weighted by Gasteiger charge is 2.07. The first-order chi connectivity index (χ1) is 8.97. The van der Waals surface area contributed by atoms with Crippen molar-refractivity contribution in [2.24, 2.45) is 0 Å². The Morgan fingerprint density at radius 1 is 1.21 bits per heavy atom. The van der Waals surface area contributed by atoms with Crippen molar-refractivity contribution in [3.8, 4) is 0 Å². The molecule has 0 radical (unpaired) electrons. The average molecular weight is 269 g/mol. The molecule has 0 spiro atoms. The predicted octanol–water partition coefficient (Wildman–Crippen LogP) is 0.894. The van der Waals surface area contributed by atoms with Crippen LogP contribution in [0.25, 0.3) is 0 Å². The van der Waals surface area contributed by atoms with Gasteiger partial charge in [-0.25, -0.2) is 0 Å². The minimum absolute atomic E-state index is 0.00344. The molecule has 1 rings (SSSR count). The van der Waals surface area contributed by atoms with Crippen molar-refractivity contribution in [3.63, 3.8) is 0 Å². The SMILES string of the molecule is CC(C)NCc1nnc(NCCC(=O)NC(C)C)o1. The van der Waals surface area contributed by atoms with Gasteiger partial charge >= 0.3 is 6.01 Å². The first-order valence-electron chi connectivity index (χ1n) is 6.56. The van der Waals surface area contributed by atoms with Crippen molar-refractivity contribution in [1.82, 2.24) is 20.8 Å². The number of aromatic nitrogens is 2. The van der Waals surface area contributed by atoms with Gasteiger partial charge in [-0.1, -0.05) is 18.9 Å². The van der Waals surface area contributed by atoms with E-state index in [0.29, 0.717) is 37.5 Å². The molecule has 0 unspecified atom stereocenters. The lowest BCUT2D eigenvalue weighted by atomic mass is 10.3. The summed E-state index contributed by atoms with van der Waals surface area (Å²) in [5, 5.41) is 16.7. The molecular weight excluding hydrogens is 246 g/mol. The van der Waals surface area contributed by atoms with Gasteiger partial charge in [0.1, 0.15) is 0 Å². The molecule has 7 nitrogen and oxygen atoms in total. The van der Waals surface area contributed by atoms with Crippen LogP contribution in [0, 0.1) is 0 Å². The Kier molecular flexibility index (Phi) is 6.27. The summed E-state index contributed by atoms with van der Waals surface area (Å²) >= 11 is 0. The van der Waals surface area contributed by atoms with Gasteiger partial charge in [-0.2, -0.15) is 0 Å². The Bertz CT molecular complexity index is 389. The van der Waals surface area contributed by atoms with Gasteiger partial charge in [0.15, 0.2) is 0 Å². The topological polar surface area (TPSA) is 92.1 Å². The summed E-state index contributed by atoms with van der Waals surface area (Å²) in [6.07, 6.45) is 0.375. The van der Waals surface area contributed by atoms with Gasteiger partial charge in [0.05, 0.1) is 6.54 Å². The molecule has 1 aromatic heterocycles. The van der Waals surface area contributed by atoms with Gasteiger partial charge in [0.2, 0.25) is 11.8 Å². The van der Waals surface area contributed by atoms with E-state index >= 15 is 0 Å². The number of hydrogen-bond donors (Lipinski definition) is 3. The molecule has 0 aliphatic carbocycles. The van der Waals surface area contributed by atoms with E-state index in [9.17, 15) is 4.79 Å². The number of nitrogens with one attached hydrogen (secondary N) is 3. The molecule has 0 aliphatic heterocycles. The van der Waals surface area contributed by atoms with E-state index in [4.69, 9.17) is 4.42 Å². The van der Waals surface area contributed by atoms with E-state index < -0.39 is 0 Å². The van der Waals surface area contributed by atoms with Crippen molar-refractivity contribution < 1.29 is 9.21 Å². The molecular formula is C12H23N5O2. The smallest absolute Gasteiger partial charge is 0.315 e. The molecule has 0 saturated heterocycles. The second kappa shape index (κ2) is 7.73. The number of rotatable bonds is 8. The maximum atomic E-state index is 11.4. The normalized spacial score (nSPS) is 11.1. The number of amides is 1. The van der Waals surface area contributed by atoms with Crippen LogP contribution in [-0.4, -0.2) is 34.7 Å². The second-order valence-corrected chi connectivity index (χ2v) is 4.94. The molecule has 0 aliphatic rings. The zero-order chi connectivity index (χ0) is 14.3. The molecule has 0 fully saturated rings. The third-order valence-electron chi connectivity index (χ3n) is 2.21. The Balaban J connectivity index is 2.24. The minimum Gasteiger partial charge on any atom is -0.407 e. The lowest BCUT2D eigenvalue weighted by Crippen LogP contribution is -2.31. The van der Waals surface area contributed by atoms with Crippen LogP contribution in [0.15, 0.2) is 4.42 Å². The fraction of sp³-hybridized carbons (Fsp3) is 0.750. The van der Waals surface area contributed by atoms with Gasteiger partial charge in [0.25, 0.3) is 0 Å². The monoisotopic (exact) mass is 269 g/mol. The van der Waals surface area contributed by atoms with Gasteiger partial charge < -0.3 is 20.4 Å². The first kappa shape index (κ1) is 15.4. The Hall–Kier alpha value is -1.63. The zero-order valence-corrected chi connectivity index (χ0v) is 12.0. The van der Waals surface area contributed by atoms with Crippen molar-refractivity contribution in [2.75, 3.05) is 11.9 Å². The number of hydrogen-bond acceptors (Lipinski definition) is 6. The summed E-state index contributed by atoms with van der Waals surface area (Å²) in [5.41, 5.74) is 0. The van der Waals surface area contributed by atoms with Crippen LogP contribution in [0.4, 0.5) is 6.01 Å². The molecule has 0 atom stereocenters. The molecule has 0 saturated carbocycles. The molecule has 1 amide bonds. The van der Waals surface area contributed by atoms with Crippen molar-refractivity contribution in [3.05, 3.63) is 5.89 Å². The fourth-order valence-corrected chi connectivity index (χ4v) is 1.37. The molecule has 1 aromatic rings. The summed E-state index contributed by atoms with van der Waals surface area (Å²) in [6, 6.07) is 0.866. The highest BCUT2D eigenvalue weighted by Crippen LogP contribution is 2.05. The van der Waals surface area contributed by atoms with Crippen LogP contribution < -0.4 is 16.0 Å². The number of nitrogens with zero attached hydrogens (tertiary/aromatic N) is 2. The van der Waals surface area contributed by atoms with Crippen LogP contribution in [0.1, 0.15) is 40.0 Å². The van der Waals surface area contributed by atoms with E-state index in [1.165, 1.54) is 0 Å². The predicted molar refractivity (Wildman–Crippen MR) is 72.7 cm³/mol. The van der Waals surface area contributed by atoms with Crippen LogP contribution in [-0.2, 0) is 11.3 Å². The molecule has 7 heteroatoms. The van der Waals surface area contributed by atoms with Crippen molar-refractivity contribution >= 4 is 11.9 Å². The van der Waals surface area contributed by atoms with Gasteiger partial charge in [0, 0.05) is 25.0 Å². The minimum atomic E-state index is 0.00344. The highest BCUT2D eigenvalue weighted by molar-refractivity contribution is 5.76. The summed E-state index contributed by atoms with van der Waals surface area (Å²) in [6.45, 7) is 8.96. The summed E-state index contributed by atoms with van der Waals surface area (Å²) < 4.78 is 5.37. The molecule has 108 valence electrons. The summed E-state index contributed by atoms with van der Waals surface area (Å²) in [7, 11) is 0. The standard InChI is InChI=1S/C12H23N5O2/c1-8(2)14-7-11-16-17-12(19-11)13-6-5-10(18)15-9(3)4/h8-9,14H,5-7H2,1-4H3,(H,13,17)(H,15,18). The van der Waals surface area contributed by atoms with Gasteiger partial charge in [-0.3, -0.25) is 4.79 Å². The lowest BCUT2D eigenvalue weighted by molar-refractivity contribution is -0.121. The molecule has 19 heavy (non-hydrogen) atoms. The van der Waals surface area contributed by atoms with Gasteiger partial charge in [-0.15, -0.1) is 5.10 Å². The average Bonchev–Trinajstić information content (AvgIpc) is 2.73. The Labute approximate surface area is 113 Å². The molecule has 3 N–H and O–H groups in total. The fourth-order valence-electron chi connectivity index (χ4n) is 1.37. The molecule has 0 aromatic carbocycles. The highest BCUT2D eigenvalue weighted by atomic mass is 16.4. The maximum absolute atomic E-state index is 11.4. The second-order valence-electron chi connectivity index (χ2n) is 4.94. The van der Waals surface area contributed by atoms with Crippen molar-refractivity contribution in [1.29, 1.82) is 0 Å². The van der Waals surface area contributed by atoms with Gasteiger partial charge in [-0.05, 0) is 13.8 Å². The van der Waals surface area contributed by atoms with E-state index in [2.05, 4.69) is 26.1 Å². The Morgan fingerprint density at radius 2 is 1.95 bits per heavy atom. The van der Waals surface area contributed by atoms with E-state index in [1.807, 2.05) is 27.7 Å². The maximum Gasteiger partial charge on any atom is 0.315 e. The lowest BCUT2D eigenvalue weighted by Gasteiger charge is -2.07. The number of anilines is 1. The molecule has 0 bridgehead atoms. The largest absolute Gasteiger partial charge is 0.407 e. The third kappa shape index (κ3) is 6.76. The molecule has 1 heterocycles. The quantitative estimate of drug-likeness (QED) is 0.649. The van der Waals surface area contributed by atoms with Crippen LogP contribution >= 0.6 is 0 Å². The van der Waals surface area contributed by atoms with E-state index in [0.717, 1.165) is 0 Å². The van der Waals surface area contributed by atoms with Crippen molar-refractivity contribution in [2.45, 2.75) is 52.7 Å². The van der Waals surface area contributed by atoms with Crippen LogP contribution in [0.3, 0.4) is 0 Å².